The first-order valence-electron chi connectivity index (χ1n) is 5.26. The number of nitrogens with zero attached hydrogens (tertiary/aromatic N) is 1. The molecule has 4 nitrogen and oxygen atoms in total. The summed E-state index contributed by atoms with van der Waals surface area (Å²) >= 11 is 0. The number of rotatable bonds is 4. The quantitative estimate of drug-likeness (QED) is 0.867. The second kappa shape index (κ2) is 4.07. The van der Waals surface area contributed by atoms with Crippen LogP contribution in [-0.2, 0) is 10.0 Å². The summed E-state index contributed by atoms with van der Waals surface area (Å²) in [5.41, 5.74) is 0. The van der Waals surface area contributed by atoms with Gasteiger partial charge in [-0.2, -0.15) is 0 Å². The van der Waals surface area contributed by atoms with Crippen molar-refractivity contribution < 1.29 is 13.5 Å². The van der Waals surface area contributed by atoms with Gasteiger partial charge in [-0.25, -0.2) is 12.7 Å². The minimum atomic E-state index is -3.54. The highest BCUT2D eigenvalue weighted by molar-refractivity contribution is 7.89. The topological polar surface area (TPSA) is 57.6 Å². The van der Waals surface area contributed by atoms with E-state index in [4.69, 9.17) is 0 Å². The molecule has 0 bridgehead atoms. The molecule has 88 valence electrons. The third kappa shape index (κ3) is 2.20. The van der Waals surface area contributed by atoms with Gasteiger partial charge in [-0.1, -0.05) is 12.1 Å². The first-order chi connectivity index (χ1) is 7.51. The van der Waals surface area contributed by atoms with Crippen LogP contribution in [0.3, 0.4) is 0 Å². The van der Waals surface area contributed by atoms with E-state index in [1.807, 2.05) is 0 Å². The summed E-state index contributed by atoms with van der Waals surface area (Å²) in [6.07, 6.45) is 2.20. The number of hydrogen-bond donors (Lipinski definition) is 1. The van der Waals surface area contributed by atoms with Crippen LogP contribution in [0.4, 0.5) is 0 Å². The monoisotopic (exact) mass is 241 g/mol. The van der Waals surface area contributed by atoms with Crippen molar-refractivity contribution in [3.05, 3.63) is 24.3 Å². The van der Waals surface area contributed by atoms with E-state index in [0.717, 1.165) is 12.8 Å². The highest BCUT2D eigenvalue weighted by Gasteiger charge is 2.30. The van der Waals surface area contributed by atoms with Crippen LogP contribution in [0.15, 0.2) is 29.2 Å². The fraction of sp³-hybridized carbons (Fsp3) is 0.455. The van der Waals surface area contributed by atoms with Crippen molar-refractivity contribution in [2.45, 2.75) is 17.7 Å². The zero-order valence-electron chi connectivity index (χ0n) is 9.13. The number of phenolic OH excluding ortho intramolecular Hbond substituents is 1. The van der Waals surface area contributed by atoms with Crippen LogP contribution in [0.25, 0.3) is 0 Å². The van der Waals surface area contributed by atoms with Gasteiger partial charge in [0.25, 0.3) is 0 Å². The van der Waals surface area contributed by atoms with E-state index < -0.39 is 10.0 Å². The van der Waals surface area contributed by atoms with E-state index in [2.05, 4.69) is 0 Å². The van der Waals surface area contributed by atoms with Crippen molar-refractivity contribution in [2.75, 3.05) is 13.6 Å². The Morgan fingerprint density at radius 1 is 1.38 bits per heavy atom. The van der Waals surface area contributed by atoms with Gasteiger partial charge in [0.2, 0.25) is 10.0 Å². The smallest absolute Gasteiger partial charge is 0.246 e. The highest BCUT2D eigenvalue weighted by Crippen LogP contribution is 2.32. The van der Waals surface area contributed by atoms with Crippen molar-refractivity contribution >= 4 is 10.0 Å². The largest absolute Gasteiger partial charge is 0.507 e. The molecule has 1 fully saturated rings. The molecule has 5 heteroatoms. The lowest BCUT2D eigenvalue weighted by Crippen LogP contribution is -2.28. The van der Waals surface area contributed by atoms with Gasteiger partial charge in [-0.05, 0) is 30.9 Å². The lowest BCUT2D eigenvalue weighted by atomic mass is 10.3. The average Bonchev–Trinajstić information content (AvgIpc) is 3.02. The summed E-state index contributed by atoms with van der Waals surface area (Å²) in [5, 5.41) is 9.54. The molecule has 0 unspecified atom stereocenters. The zero-order valence-corrected chi connectivity index (χ0v) is 9.94. The van der Waals surface area contributed by atoms with Crippen molar-refractivity contribution in [3.63, 3.8) is 0 Å². The van der Waals surface area contributed by atoms with Gasteiger partial charge in [-0.15, -0.1) is 0 Å². The minimum absolute atomic E-state index is 0.0156. The van der Waals surface area contributed by atoms with Crippen LogP contribution in [0.2, 0.25) is 0 Å². The Labute approximate surface area is 95.6 Å². The van der Waals surface area contributed by atoms with Gasteiger partial charge in [-0.3, -0.25) is 0 Å². The third-order valence-corrected chi connectivity index (χ3v) is 4.64. The van der Waals surface area contributed by atoms with E-state index in [-0.39, 0.29) is 10.6 Å². The van der Waals surface area contributed by atoms with Crippen LogP contribution in [-0.4, -0.2) is 31.4 Å². The number of sulfonamides is 1. The Balaban J connectivity index is 2.27. The molecule has 16 heavy (non-hydrogen) atoms. The lowest BCUT2D eigenvalue weighted by molar-refractivity contribution is 0.434. The summed E-state index contributed by atoms with van der Waals surface area (Å²) in [4.78, 5) is -0.0156. The first-order valence-corrected chi connectivity index (χ1v) is 6.70. The molecule has 1 aromatic rings. The molecule has 0 heterocycles. The molecule has 0 aromatic heterocycles. The molecule has 0 radical (unpaired) electrons. The highest BCUT2D eigenvalue weighted by atomic mass is 32.2. The molecule has 1 aliphatic rings. The molecule has 0 spiro atoms. The minimum Gasteiger partial charge on any atom is -0.507 e. The molecular formula is C11H15NO3S. The Bertz CT molecular complexity index is 480. The van der Waals surface area contributed by atoms with Gasteiger partial charge in [0.05, 0.1) is 0 Å². The molecule has 1 N–H and O–H groups in total. The predicted molar refractivity (Wildman–Crippen MR) is 60.6 cm³/mol. The Morgan fingerprint density at radius 3 is 2.56 bits per heavy atom. The van der Waals surface area contributed by atoms with Crippen LogP contribution in [0.5, 0.6) is 5.75 Å². The van der Waals surface area contributed by atoms with E-state index in [1.54, 1.807) is 19.2 Å². The SMILES string of the molecule is CN(CC1CC1)S(=O)(=O)c1ccccc1O. The van der Waals surface area contributed by atoms with E-state index >= 15 is 0 Å². The molecular weight excluding hydrogens is 226 g/mol. The predicted octanol–water partition coefficient (Wildman–Crippen LogP) is 1.42. The maximum absolute atomic E-state index is 12.1. The van der Waals surface area contributed by atoms with Gasteiger partial charge in [0.1, 0.15) is 10.6 Å². The van der Waals surface area contributed by atoms with E-state index in [9.17, 15) is 13.5 Å². The van der Waals surface area contributed by atoms with Gasteiger partial charge < -0.3 is 5.11 Å². The van der Waals surface area contributed by atoms with Crippen LogP contribution >= 0.6 is 0 Å². The third-order valence-electron chi connectivity index (χ3n) is 2.77. The second-order valence-corrected chi connectivity index (χ2v) is 6.21. The molecule has 0 aliphatic heterocycles. The zero-order chi connectivity index (χ0) is 11.8. The van der Waals surface area contributed by atoms with Gasteiger partial charge in [0, 0.05) is 13.6 Å². The van der Waals surface area contributed by atoms with Crippen molar-refractivity contribution in [1.82, 2.24) is 4.31 Å². The number of benzene rings is 1. The standard InChI is InChI=1S/C11H15NO3S/c1-12(8-9-6-7-9)16(14,15)11-5-3-2-4-10(11)13/h2-5,9,13H,6-8H2,1H3. The average molecular weight is 241 g/mol. The Morgan fingerprint density at radius 2 is 2.00 bits per heavy atom. The molecule has 1 saturated carbocycles. The second-order valence-electron chi connectivity index (χ2n) is 4.20. The summed E-state index contributed by atoms with van der Waals surface area (Å²) in [6.45, 7) is 0.538. The van der Waals surface area contributed by atoms with E-state index in [0.29, 0.717) is 12.5 Å². The molecule has 0 atom stereocenters. The number of para-hydroxylation sites is 1. The first kappa shape index (κ1) is 11.4. The van der Waals surface area contributed by atoms with Gasteiger partial charge >= 0.3 is 0 Å². The fourth-order valence-corrected chi connectivity index (χ4v) is 2.93. The lowest BCUT2D eigenvalue weighted by Gasteiger charge is -2.17. The normalized spacial score (nSPS) is 16.6. The summed E-state index contributed by atoms with van der Waals surface area (Å²) in [7, 11) is -1.99. The number of phenols is 1. The van der Waals surface area contributed by atoms with Crippen LogP contribution < -0.4 is 0 Å². The van der Waals surface area contributed by atoms with Gasteiger partial charge in [0.15, 0.2) is 0 Å². The fourth-order valence-electron chi connectivity index (χ4n) is 1.61. The van der Waals surface area contributed by atoms with Crippen molar-refractivity contribution in [1.29, 1.82) is 0 Å². The number of aromatic hydroxyl groups is 1. The van der Waals surface area contributed by atoms with Crippen LogP contribution in [0, 0.1) is 5.92 Å². The summed E-state index contributed by atoms with van der Waals surface area (Å²) < 4.78 is 25.5. The molecule has 2 rings (SSSR count). The summed E-state index contributed by atoms with van der Waals surface area (Å²) in [5.74, 6) is 0.302. The van der Waals surface area contributed by atoms with E-state index in [1.165, 1.54) is 16.4 Å². The molecule has 1 aliphatic carbocycles. The molecule has 0 saturated heterocycles. The molecule has 1 aromatic carbocycles. The Kier molecular flexibility index (Phi) is 2.90. The number of hydrogen-bond acceptors (Lipinski definition) is 3. The maximum Gasteiger partial charge on any atom is 0.246 e. The molecule has 0 amide bonds. The van der Waals surface area contributed by atoms with Crippen LogP contribution in [0.1, 0.15) is 12.8 Å². The summed E-state index contributed by atoms with van der Waals surface area (Å²) in [6, 6.07) is 6.03. The van der Waals surface area contributed by atoms with Crippen molar-refractivity contribution in [2.24, 2.45) is 5.92 Å². The Hall–Kier alpha value is -1.07. The van der Waals surface area contributed by atoms with Crippen molar-refractivity contribution in [3.8, 4) is 5.75 Å². The maximum atomic E-state index is 12.1.